The van der Waals surface area contributed by atoms with E-state index in [1.54, 1.807) is 30.6 Å². The first kappa shape index (κ1) is 19.6. The monoisotopic (exact) mass is 401 g/mol. The van der Waals surface area contributed by atoms with Crippen LogP contribution in [0.1, 0.15) is 31.7 Å². The summed E-state index contributed by atoms with van der Waals surface area (Å²) >= 11 is 0. The van der Waals surface area contributed by atoms with E-state index in [4.69, 9.17) is 9.15 Å². The Bertz CT molecular complexity index is 1140. The third-order valence-corrected chi connectivity index (χ3v) is 5.03. The predicted molar refractivity (Wildman–Crippen MR) is 117 cm³/mol. The van der Waals surface area contributed by atoms with E-state index in [1.807, 2.05) is 36.4 Å². The van der Waals surface area contributed by atoms with Crippen LogP contribution in [0, 0.1) is 0 Å². The smallest absolute Gasteiger partial charge is 0.262 e. The molecular weight excluding hydrogens is 378 g/mol. The Hall–Kier alpha value is -3.67. The summed E-state index contributed by atoms with van der Waals surface area (Å²) in [5.74, 6) is 1.46. The first-order valence-electron chi connectivity index (χ1n) is 9.96. The van der Waals surface area contributed by atoms with Crippen LogP contribution in [0.25, 0.3) is 22.6 Å². The fourth-order valence-electron chi connectivity index (χ4n) is 3.10. The lowest BCUT2D eigenvalue weighted by Gasteiger charge is -2.11. The molecule has 0 spiro atoms. The molecule has 0 bridgehead atoms. The molecule has 1 amide bonds. The number of hydrogen-bond donors (Lipinski definition) is 1. The van der Waals surface area contributed by atoms with Crippen molar-refractivity contribution in [1.82, 2.24) is 9.97 Å². The third-order valence-electron chi connectivity index (χ3n) is 5.03. The SMILES string of the molecule is CCC(C)c1ccc(OCC(=O)Nc2ccc3oc(-c4ccncc4)nc3c2)cc1. The van der Waals surface area contributed by atoms with E-state index >= 15 is 0 Å². The lowest BCUT2D eigenvalue weighted by Crippen LogP contribution is -2.20. The molecule has 1 atom stereocenters. The highest BCUT2D eigenvalue weighted by Gasteiger charge is 2.10. The van der Waals surface area contributed by atoms with Crippen LogP contribution in [-0.2, 0) is 4.79 Å². The second kappa shape index (κ2) is 8.78. The topological polar surface area (TPSA) is 77.2 Å². The van der Waals surface area contributed by atoms with Gasteiger partial charge < -0.3 is 14.5 Å². The van der Waals surface area contributed by atoms with Gasteiger partial charge in [-0.1, -0.05) is 26.0 Å². The summed E-state index contributed by atoms with van der Waals surface area (Å²) in [5, 5.41) is 2.84. The molecule has 30 heavy (non-hydrogen) atoms. The number of hydrogen-bond acceptors (Lipinski definition) is 5. The summed E-state index contributed by atoms with van der Waals surface area (Å²) in [4.78, 5) is 20.8. The third kappa shape index (κ3) is 4.49. The first-order valence-corrected chi connectivity index (χ1v) is 9.96. The van der Waals surface area contributed by atoms with Gasteiger partial charge in [0.15, 0.2) is 12.2 Å². The zero-order valence-electron chi connectivity index (χ0n) is 17.0. The molecule has 0 aliphatic rings. The second-order valence-corrected chi connectivity index (χ2v) is 7.15. The van der Waals surface area contributed by atoms with Crippen molar-refractivity contribution >= 4 is 22.7 Å². The van der Waals surface area contributed by atoms with Gasteiger partial charge in [0.05, 0.1) is 0 Å². The molecule has 0 aliphatic carbocycles. The van der Waals surface area contributed by atoms with Gasteiger partial charge in [-0.25, -0.2) is 4.98 Å². The molecular formula is C24H23N3O3. The quantitative estimate of drug-likeness (QED) is 0.447. The van der Waals surface area contributed by atoms with Crippen LogP contribution in [0.2, 0.25) is 0 Å². The number of carbonyl (C=O) groups excluding carboxylic acids is 1. The van der Waals surface area contributed by atoms with Crippen molar-refractivity contribution in [2.24, 2.45) is 0 Å². The average molecular weight is 401 g/mol. The number of benzene rings is 2. The number of carbonyl (C=O) groups is 1. The minimum Gasteiger partial charge on any atom is -0.484 e. The molecule has 0 saturated heterocycles. The van der Waals surface area contributed by atoms with E-state index in [2.05, 4.69) is 29.1 Å². The number of nitrogens with zero attached hydrogens (tertiary/aromatic N) is 2. The number of aromatic nitrogens is 2. The van der Waals surface area contributed by atoms with Crippen molar-refractivity contribution in [3.05, 3.63) is 72.6 Å². The van der Waals surface area contributed by atoms with Crippen molar-refractivity contribution < 1.29 is 13.9 Å². The second-order valence-electron chi connectivity index (χ2n) is 7.15. The van der Waals surface area contributed by atoms with Gasteiger partial charge >= 0.3 is 0 Å². The lowest BCUT2D eigenvalue weighted by molar-refractivity contribution is -0.118. The van der Waals surface area contributed by atoms with Gasteiger partial charge in [-0.05, 0) is 60.4 Å². The highest BCUT2D eigenvalue weighted by atomic mass is 16.5. The Labute approximate surface area is 174 Å². The molecule has 1 unspecified atom stereocenters. The molecule has 0 radical (unpaired) electrons. The molecule has 4 aromatic rings. The maximum Gasteiger partial charge on any atom is 0.262 e. The molecule has 6 nitrogen and oxygen atoms in total. The molecule has 0 aliphatic heterocycles. The standard InChI is InChI=1S/C24H23N3O3/c1-3-16(2)17-4-7-20(8-5-17)29-15-23(28)26-19-6-9-22-21(14-19)27-24(30-22)18-10-12-25-13-11-18/h4-14,16H,3,15H2,1-2H3,(H,26,28). The van der Waals surface area contributed by atoms with Crippen LogP contribution >= 0.6 is 0 Å². The summed E-state index contributed by atoms with van der Waals surface area (Å²) in [7, 11) is 0. The largest absolute Gasteiger partial charge is 0.484 e. The number of ether oxygens (including phenoxy) is 1. The van der Waals surface area contributed by atoms with Crippen molar-refractivity contribution in [2.75, 3.05) is 11.9 Å². The van der Waals surface area contributed by atoms with Gasteiger partial charge in [-0.15, -0.1) is 0 Å². The fourth-order valence-corrected chi connectivity index (χ4v) is 3.10. The summed E-state index contributed by atoms with van der Waals surface area (Å²) < 4.78 is 11.4. The Morgan fingerprint density at radius 1 is 1.10 bits per heavy atom. The van der Waals surface area contributed by atoms with Crippen LogP contribution < -0.4 is 10.1 Å². The summed E-state index contributed by atoms with van der Waals surface area (Å²) in [6, 6.07) is 16.9. The van der Waals surface area contributed by atoms with Crippen LogP contribution in [0.3, 0.4) is 0 Å². The molecule has 2 heterocycles. The zero-order chi connectivity index (χ0) is 20.9. The van der Waals surface area contributed by atoms with Crippen molar-refractivity contribution in [2.45, 2.75) is 26.2 Å². The van der Waals surface area contributed by atoms with E-state index in [1.165, 1.54) is 5.56 Å². The molecule has 2 aromatic carbocycles. The highest BCUT2D eigenvalue weighted by Crippen LogP contribution is 2.26. The maximum absolute atomic E-state index is 12.3. The predicted octanol–water partition coefficient (Wildman–Crippen LogP) is 5.42. The number of nitrogens with one attached hydrogen (secondary N) is 1. The molecule has 0 fully saturated rings. The zero-order valence-corrected chi connectivity index (χ0v) is 17.0. The van der Waals surface area contributed by atoms with E-state index in [0.717, 1.165) is 12.0 Å². The van der Waals surface area contributed by atoms with E-state index in [9.17, 15) is 4.79 Å². The van der Waals surface area contributed by atoms with Crippen molar-refractivity contribution in [1.29, 1.82) is 0 Å². The minimum atomic E-state index is -0.238. The maximum atomic E-state index is 12.3. The van der Waals surface area contributed by atoms with Gasteiger partial charge in [-0.3, -0.25) is 9.78 Å². The number of pyridine rings is 1. The van der Waals surface area contributed by atoms with Gasteiger partial charge in [-0.2, -0.15) is 0 Å². The Balaban J connectivity index is 1.38. The number of rotatable bonds is 7. The van der Waals surface area contributed by atoms with Crippen LogP contribution in [0.5, 0.6) is 5.75 Å². The Kier molecular flexibility index (Phi) is 5.75. The Morgan fingerprint density at radius 3 is 2.60 bits per heavy atom. The first-order chi connectivity index (χ1) is 14.6. The summed E-state index contributed by atoms with van der Waals surface area (Å²) in [6.45, 7) is 4.28. The Morgan fingerprint density at radius 2 is 1.87 bits per heavy atom. The van der Waals surface area contributed by atoms with Gasteiger partial charge in [0.25, 0.3) is 5.91 Å². The van der Waals surface area contributed by atoms with E-state index in [-0.39, 0.29) is 12.5 Å². The lowest BCUT2D eigenvalue weighted by atomic mass is 9.99. The minimum absolute atomic E-state index is 0.0677. The van der Waals surface area contributed by atoms with Crippen molar-refractivity contribution in [3.8, 4) is 17.2 Å². The van der Waals surface area contributed by atoms with Gasteiger partial charge in [0.1, 0.15) is 11.3 Å². The van der Waals surface area contributed by atoms with E-state index < -0.39 is 0 Å². The fraction of sp³-hybridized carbons (Fsp3) is 0.208. The number of fused-ring (bicyclic) bond motifs is 1. The van der Waals surface area contributed by atoms with Crippen molar-refractivity contribution in [3.63, 3.8) is 0 Å². The summed E-state index contributed by atoms with van der Waals surface area (Å²) in [6.07, 6.45) is 4.46. The van der Waals surface area contributed by atoms with Crippen LogP contribution in [0.4, 0.5) is 5.69 Å². The summed E-state index contributed by atoms with van der Waals surface area (Å²) in [5.41, 5.74) is 4.07. The van der Waals surface area contributed by atoms with E-state index in [0.29, 0.717) is 34.3 Å². The molecule has 2 aromatic heterocycles. The molecule has 152 valence electrons. The average Bonchev–Trinajstić information content (AvgIpc) is 3.21. The van der Waals surface area contributed by atoms with Gasteiger partial charge in [0, 0.05) is 23.6 Å². The molecule has 0 saturated carbocycles. The van der Waals surface area contributed by atoms with Gasteiger partial charge in [0.2, 0.25) is 5.89 Å². The number of amides is 1. The molecule has 1 N–H and O–H groups in total. The normalized spacial score (nSPS) is 11.9. The van der Waals surface area contributed by atoms with Crippen LogP contribution in [-0.4, -0.2) is 22.5 Å². The number of oxazole rings is 1. The number of anilines is 1. The highest BCUT2D eigenvalue weighted by molar-refractivity contribution is 5.94. The molecule has 4 rings (SSSR count). The van der Waals surface area contributed by atoms with Crippen LogP contribution in [0.15, 0.2) is 71.4 Å². The molecule has 6 heteroatoms.